The zero-order valence-corrected chi connectivity index (χ0v) is 15.5. The molecule has 3 N–H and O–H groups in total. The Morgan fingerprint density at radius 1 is 1.29 bits per heavy atom. The number of carbonyl (C=O) groups is 1. The summed E-state index contributed by atoms with van der Waals surface area (Å²) in [5.41, 5.74) is 7.69. The van der Waals surface area contributed by atoms with E-state index in [0.29, 0.717) is 18.4 Å². The van der Waals surface area contributed by atoms with Crippen molar-refractivity contribution < 1.29 is 14.6 Å². The number of aliphatic carboxylic acids is 1. The standard InChI is InChI=1S/C17H26Cl2N2O3/c1-13-2-3-15(11-16(13)14(12-20)10-17(22)23)24-9-8-21(6-4-18)7-5-19/h2-3,11,14H,4-10,12,20H2,1H3,(H,22,23). The van der Waals surface area contributed by atoms with E-state index in [1.807, 2.05) is 25.1 Å². The van der Waals surface area contributed by atoms with Crippen LogP contribution in [-0.4, -0.2) is 60.5 Å². The number of carboxylic acids is 1. The van der Waals surface area contributed by atoms with Gasteiger partial charge < -0.3 is 15.6 Å². The number of halogens is 2. The van der Waals surface area contributed by atoms with Crippen molar-refractivity contribution in [1.82, 2.24) is 4.90 Å². The molecule has 0 spiro atoms. The van der Waals surface area contributed by atoms with Crippen molar-refractivity contribution in [3.05, 3.63) is 29.3 Å². The lowest BCUT2D eigenvalue weighted by molar-refractivity contribution is -0.137. The molecule has 0 radical (unpaired) electrons. The molecule has 0 fully saturated rings. The molecular weight excluding hydrogens is 351 g/mol. The lowest BCUT2D eigenvalue weighted by Gasteiger charge is -2.21. The van der Waals surface area contributed by atoms with E-state index in [9.17, 15) is 4.79 Å². The van der Waals surface area contributed by atoms with Crippen molar-refractivity contribution in [1.29, 1.82) is 0 Å². The highest BCUT2D eigenvalue weighted by molar-refractivity contribution is 6.18. The van der Waals surface area contributed by atoms with Crippen LogP contribution in [0.25, 0.3) is 0 Å². The van der Waals surface area contributed by atoms with Crippen LogP contribution in [0.2, 0.25) is 0 Å². The van der Waals surface area contributed by atoms with Crippen LogP contribution >= 0.6 is 23.2 Å². The van der Waals surface area contributed by atoms with Gasteiger partial charge in [-0.3, -0.25) is 9.69 Å². The van der Waals surface area contributed by atoms with Crippen LogP contribution in [0.1, 0.15) is 23.5 Å². The van der Waals surface area contributed by atoms with Crippen LogP contribution in [0, 0.1) is 6.92 Å². The molecule has 1 aromatic rings. The molecule has 136 valence electrons. The highest BCUT2D eigenvalue weighted by Gasteiger charge is 2.17. The van der Waals surface area contributed by atoms with Gasteiger partial charge in [-0.15, -0.1) is 23.2 Å². The maximum atomic E-state index is 11.0. The van der Waals surface area contributed by atoms with Crippen molar-refractivity contribution >= 4 is 29.2 Å². The van der Waals surface area contributed by atoms with Gasteiger partial charge in [0, 0.05) is 37.3 Å². The molecule has 1 aromatic carbocycles. The minimum absolute atomic E-state index is 0.0139. The second kappa shape index (κ2) is 11.5. The third-order valence-corrected chi connectivity index (χ3v) is 4.21. The summed E-state index contributed by atoms with van der Waals surface area (Å²) in [5.74, 6) is 0.762. The number of aryl methyl sites for hydroxylation is 1. The normalized spacial score (nSPS) is 12.4. The minimum atomic E-state index is -0.853. The number of hydrogen-bond donors (Lipinski definition) is 2. The summed E-state index contributed by atoms with van der Waals surface area (Å²) in [6, 6.07) is 5.72. The van der Waals surface area contributed by atoms with Crippen molar-refractivity contribution in [2.24, 2.45) is 5.73 Å². The summed E-state index contributed by atoms with van der Waals surface area (Å²) < 4.78 is 5.81. The molecule has 1 atom stereocenters. The summed E-state index contributed by atoms with van der Waals surface area (Å²) in [7, 11) is 0. The largest absolute Gasteiger partial charge is 0.492 e. The van der Waals surface area contributed by atoms with Gasteiger partial charge in [0.1, 0.15) is 12.4 Å². The molecule has 0 amide bonds. The first-order valence-corrected chi connectivity index (χ1v) is 9.08. The first-order chi connectivity index (χ1) is 11.5. The number of benzene rings is 1. The lowest BCUT2D eigenvalue weighted by atomic mass is 9.92. The molecular formula is C17H26Cl2N2O3. The number of nitrogens with zero attached hydrogens (tertiary/aromatic N) is 1. The molecule has 0 saturated carbocycles. The summed E-state index contributed by atoms with van der Waals surface area (Å²) in [6.07, 6.45) is 0.0139. The molecule has 0 aliphatic carbocycles. The average molecular weight is 377 g/mol. The van der Waals surface area contributed by atoms with Crippen molar-refractivity contribution in [3.63, 3.8) is 0 Å². The van der Waals surface area contributed by atoms with Gasteiger partial charge in [-0.05, 0) is 36.7 Å². The van der Waals surface area contributed by atoms with Crippen LogP contribution in [-0.2, 0) is 4.79 Å². The zero-order chi connectivity index (χ0) is 17.9. The van der Waals surface area contributed by atoms with E-state index < -0.39 is 5.97 Å². The Bertz CT molecular complexity index is 509. The molecule has 0 heterocycles. The second-order valence-electron chi connectivity index (χ2n) is 5.62. The summed E-state index contributed by atoms with van der Waals surface area (Å²) in [5, 5.41) is 9.03. The van der Waals surface area contributed by atoms with Crippen molar-refractivity contribution in [3.8, 4) is 5.75 Å². The van der Waals surface area contributed by atoms with Gasteiger partial charge in [-0.25, -0.2) is 0 Å². The molecule has 0 bridgehead atoms. The number of carboxylic acid groups (broad SMARTS) is 1. The highest BCUT2D eigenvalue weighted by Crippen LogP contribution is 2.26. The lowest BCUT2D eigenvalue weighted by Crippen LogP contribution is -2.32. The Morgan fingerprint density at radius 3 is 2.50 bits per heavy atom. The summed E-state index contributed by atoms with van der Waals surface area (Å²) in [4.78, 5) is 13.1. The van der Waals surface area contributed by atoms with E-state index in [4.69, 9.17) is 38.8 Å². The third kappa shape index (κ3) is 7.26. The Kier molecular flexibility index (Phi) is 10.1. The number of ether oxygens (including phenoxy) is 1. The molecule has 1 unspecified atom stereocenters. The fourth-order valence-electron chi connectivity index (χ4n) is 2.55. The molecule has 0 aromatic heterocycles. The van der Waals surface area contributed by atoms with Gasteiger partial charge in [0.2, 0.25) is 0 Å². The highest BCUT2D eigenvalue weighted by atomic mass is 35.5. The van der Waals surface area contributed by atoms with Gasteiger partial charge in [-0.1, -0.05) is 6.07 Å². The van der Waals surface area contributed by atoms with Crippen LogP contribution in [0.4, 0.5) is 0 Å². The second-order valence-corrected chi connectivity index (χ2v) is 6.37. The number of alkyl halides is 2. The Hall–Kier alpha value is -1.01. The van der Waals surface area contributed by atoms with E-state index in [2.05, 4.69) is 4.90 Å². The fourth-order valence-corrected chi connectivity index (χ4v) is 3.02. The van der Waals surface area contributed by atoms with E-state index in [-0.39, 0.29) is 18.9 Å². The van der Waals surface area contributed by atoms with Crippen molar-refractivity contribution in [2.75, 3.05) is 44.5 Å². The van der Waals surface area contributed by atoms with Crippen LogP contribution in [0.15, 0.2) is 18.2 Å². The van der Waals surface area contributed by atoms with Gasteiger partial charge >= 0.3 is 5.97 Å². The SMILES string of the molecule is Cc1ccc(OCCN(CCCl)CCCl)cc1C(CN)CC(=O)O. The van der Waals surface area contributed by atoms with Gasteiger partial charge in [-0.2, -0.15) is 0 Å². The Labute approximate surface area is 153 Å². The van der Waals surface area contributed by atoms with Crippen LogP contribution < -0.4 is 10.5 Å². The monoisotopic (exact) mass is 376 g/mol. The third-order valence-electron chi connectivity index (χ3n) is 3.87. The van der Waals surface area contributed by atoms with E-state index in [1.54, 1.807) is 0 Å². The molecule has 0 aliphatic rings. The van der Waals surface area contributed by atoms with E-state index in [1.165, 1.54) is 0 Å². The minimum Gasteiger partial charge on any atom is -0.492 e. The molecule has 0 aliphatic heterocycles. The average Bonchev–Trinajstić information content (AvgIpc) is 2.54. The van der Waals surface area contributed by atoms with Gasteiger partial charge in [0.15, 0.2) is 0 Å². The topological polar surface area (TPSA) is 75.8 Å². The summed E-state index contributed by atoms with van der Waals surface area (Å²) >= 11 is 11.5. The smallest absolute Gasteiger partial charge is 0.304 e. The maximum absolute atomic E-state index is 11.0. The van der Waals surface area contributed by atoms with Crippen LogP contribution in [0.5, 0.6) is 5.75 Å². The van der Waals surface area contributed by atoms with Crippen LogP contribution in [0.3, 0.4) is 0 Å². The Morgan fingerprint density at radius 2 is 1.96 bits per heavy atom. The first kappa shape index (κ1) is 21.0. The first-order valence-electron chi connectivity index (χ1n) is 8.01. The Balaban J connectivity index is 2.69. The number of rotatable bonds is 12. The van der Waals surface area contributed by atoms with Crippen molar-refractivity contribution in [2.45, 2.75) is 19.3 Å². The van der Waals surface area contributed by atoms with Gasteiger partial charge in [0.25, 0.3) is 0 Å². The summed E-state index contributed by atoms with van der Waals surface area (Å²) in [6.45, 7) is 5.03. The molecule has 24 heavy (non-hydrogen) atoms. The fraction of sp³-hybridized carbons (Fsp3) is 0.588. The van der Waals surface area contributed by atoms with Gasteiger partial charge in [0.05, 0.1) is 6.42 Å². The molecule has 0 saturated heterocycles. The van der Waals surface area contributed by atoms with E-state index >= 15 is 0 Å². The zero-order valence-electron chi connectivity index (χ0n) is 14.0. The number of nitrogens with two attached hydrogens (primary N) is 1. The molecule has 1 rings (SSSR count). The quantitative estimate of drug-likeness (QED) is 0.548. The maximum Gasteiger partial charge on any atom is 0.304 e. The van der Waals surface area contributed by atoms with E-state index in [0.717, 1.165) is 36.5 Å². The molecule has 7 heteroatoms. The predicted molar refractivity (Wildman–Crippen MR) is 98.6 cm³/mol. The predicted octanol–water partition coefficient (Wildman–Crippen LogP) is 2.67. The number of hydrogen-bond acceptors (Lipinski definition) is 4. The molecule has 5 nitrogen and oxygen atoms in total.